The zero-order valence-electron chi connectivity index (χ0n) is 15.1. The van der Waals surface area contributed by atoms with Crippen LogP contribution in [0.15, 0.2) is 48.5 Å². The normalized spacial score (nSPS) is 19.5. The molecule has 0 radical (unpaired) electrons. The second-order valence-corrected chi connectivity index (χ2v) is 7.01. The van der Waals surface area contributed by atoms with E-state index in [1.54, 1.807) is 41.3 Å². The molecule has 0 saturated heterocycles. The minimum atomic E-state index is -0.349. The Morgan fingerprint density at radius 3 is 2.56 bits per heavy atom. The number of hydrogen-bond acceptors (Lipinski definition) is 3. The van der Waals surface area contributed by atoms with Crippen molar-refractivity contribution in [2.45, 2.75) is 50.9 Å². The van der Waals surface area contributed by atoms with E-state index >= 15 is 0 Å². The van der Waals surface area contributed by atoms with Gasteiger partial charge in [-0.15, -0.1) is 0 Å². The molecule has 3 N–H and O–H groups in total. The van der Waals surface area contributed by atoms with Crippen LogP contribution in [-0.4, -0.2) is 33.3 Å². The van der Waals surface area contributed by atoms with E-state index in [2.05, 4.69) is 5.32 Å². The first kappa shape index (κ1) is 19.2. The third-order valence-corrected chi connectivity index (χ3v) is 5.02. The molecule has 27 heavy (non-hydrogen) atoms. The third kappa shape index (κ3) is 5.20. The van der Waals surface area contributed by atoms with Gasteiger partial charge in [0.05, 0.1) is 6.10 Å². The molecule has 0 atom stereocenters. The minimum absolute atomic E-state index is 0.00336. The quantitative estimate of drug-likeness (QED) is 0.752. The molecule has 5 nitrogen and oxygen atoms in total. The standard InChI is InChI=1S/C21H25FN2O3/c22-20-7-2-1-5-16(20)13-23-21(27)24(17-8-10-18(25)11-9-17)14-15-4-3-6-19(26)12-15/h1-7,12,17-18,25-26H,8-11,13-14H2,(H,23,27). The molecular formula is C21H25FN2O3. The Hall–Kier alpha value is -2.60. The first-order chi connectivity index (χ1) is 13.0. The molecule has 0 bridgehead atoms. The van der Waals surface area contributed by atoms with Crippen molar-refractivity contribution in [2.24, 2.45) is 0 Å². The van der Waals surface area contributed by atoms with Gasteiger partial charge in [-0.05, 0) is 49.4 Å². The first-order valence-electron chi connectivity index (χ1n) is 9.27. The van der Waals surface area contributed by atoms with Gasteiger partial charge in [0.2, 0.25) is 0 Å². The highest BCUT2D eigenvalue weighted by Crippen LogP contribution is 2.25. The van der Waals surface area contributed by atoms with Crippen molar-refractivity contribution in [3.63, 3.8) is 0 Å². The van der Waals surface area contributed by atoms with E-state index in [1.807, 2.05) is 6.07 Å². The maximum Gasteiger partial charge on any atom is 0.318 e. The van der Waals surface area contributed by atoms with Gasteiger partial charge < -0.3 is 20.4 Å². The van der Waals surface area contributed by atoms with Crippen molar-refractivity contribution in [3.05, 3.63) is 65.5 Å². The maximum absolute atomic E-state index is 13.8. The van der Waals surface area contributed by atoms with E-state index in [-0.39, 0.29) is 36.3 Å². The highest BCUT2D eigenvalue weighted by atomic mass is 19.1. The summed E-state index contributed by atoms with van der Waals surface area (Å²) in [6, 6.07) is 12.9. The second-order valence-electron chi connectivity index (χ2n) is 7.01. The first-order valence-corrected chi connectivity index (χ1v) is 9.27. The van der Waals surface area contributed by atoms with Gasteiger partial charge in [0, 0.05) is 24.7 Å². The van der Waals surface area contributed by atoms with Crippen LogP contribution in [-0.2, 0) is 13.1 Å². The summed E-state index contributed by atoms with van der Waals surface area (Å²) in [4.78, 5) is 14.6. The summed E-state index contributed by atoms with van der Waals surface area (Å²) in [7, 11) is 0. The van der Waals surface area contributed by atoms with Crippen molar-refractivity contribution in [1.82, 2.24) is 10.2 Å². The number of nitrogens with one attached hydrogen (secondary N) is 1. The lowest BCUT2D eigenvalue weighted by molar-refractivity contribution is 0.0817. The van der Waals surface area contributed by atoms with Crippen molar-refractivity contribution >= 4 is 6.03 Å². The number of urea groups is 1. The number of aliphatic hydroxyl groups is 1. The molecule has 0 aromatic heterocycles. The Morgan fingerprint density at radius 1 is 1.11 bits per heavy atom. The lowest BCUT2D eigenvalue weighted by atomic mass is 9.92. The van der Waals surface area contributed by atoms with Crippen LogP contribution < -0.4 is 5.32 Å². The number of aromatic hydroxyl groups is 1. The van der Waals surface area contributed by atoms with Crippen molar-refractivity contribution in [1.29, 1.82) is 0 Å². The van der Waals surface area contributed by atoms with Gasteiger partial charge in [-0.3, -0.25) is 0 Å². The van der Waals surface area contributed by atoms with Gasteiger partial charge in [-0.2, -0.15) is 0 Å². The van der Waals surface area contributed by atoms with Crippen LogP contribution >= 0.6 is 0 Å². The number of aliphatic hydroxyl groups excluding tert-OH is 1. The molecule has 2 aromatic rings. The van der Waals surface area contributed by atoms with Gasteiger partial charge in [0.25, 0.3) is 0 Å². The maximum atomic E-state index is 13.8. The van der Waals surface area contributed by atoms with Gasteiger partial charge in [-0.25, -0.2) is 9.18 Å². The summed E-state index contributed by atoms with van der Waals surface area (Å²) in [5.41, 5.74) is 1.25. The summed E-state index contributed by atoms with van der Waals surface area (Å²) >= 11 is 0. The van der Waals surface area contributed by atoms with Gasteiger partial charge in [0.1, 0.15) is 11.6 Å². The highest BCUT2D eigenvalue weighted by molar-refractivity contribution is 5.74. The van der Waals surface area contributed by atoms with Crippen molar-refractivity contribution in [3.8, 4) is 5.75 Å². The summed E-state index contributed by atoms with van der Waals surface area (Å²) in [5, 5.41) is 22.3. The zero-order chi connectivity index (χ0) is 19.2. The largest absolute Gasteiger partial charge is 0.508 e. The number of carbonyl (C=O) groups is 1. The van der Waals surface area contributed by atoms with Crippen LogP contribution in [0.1, 0.15) is 36.8 Å². The number of rotatable bonds is 5. The van der Waals surface area contributed by atoms with E-state index in [0.717, 1.165) is 5.56 Å². The Labute approximate surface area is 158 Å². The average molecular weight is 372 g/mol. The monoisotopic (exact) mass is 372 g/mol. The Balaban J connectivity index is 1.71. The molecule has 3 rings (SSSR count). The number of phenolic OH excluding ortho intramolecular Hbond substituents is 1. The van der Waals surface area contributed by atoms with E-state index in [4.69, 9.17) is 0 Å². The molecular weight excluding hydrogens is 347 g/mol. The molecule has 2 amide bonds. The SMILES string of the molecule is O=C(NCc1ccccc1F)N(Cc1cccc(O)c1)C1CCC(O)CC1. The molecule has 144 valence electrons. The number of amides is 2. The summed E-state index contributed by atoms with van der Waals surface area (Å²) in [6.45, 7) is 0.454. The molecule has 0 spiro atoms. The zero-order valence-corrected chi connectivity index (χ0v) is 15.1. The molecule has 2 aromatic carbocycles. The number of phenols is 1. The highest BCUT2D eigenvalue weighted by Gasteiger charge is 2.28. The topological polar surface area (TPSA) is 72.8 Å². The van der Waals surface area contributed by atoms with Crippen LogP contribution in [0.25, 0.3) is 0 Å². The molecule has 6 heteroatoms. The van der Waals surface area contributed by atoms with Crippen LogP contribution in [0.4, 0.5) is 9.18 Å². The van der Waals surface area contributed by atoms with Gasteiger partial charge in [0.15, 0.2) is 0 Å². The number of benzene rings is 2. The molecule has 1 aliphatic carbocycles. The fourth-order valence-electron chi connectivity index (χ4n) is 3.50. The number of nitrogens with zero attached hydrogens (tertiary/aromatic N) is 1. The predicted molar refractivity (Wildman–Crippen MR) is 101 cm³/mol. The van der Waals surface area contributed by atoms with E-state index in [1.165, 1.54) is 6.07 Å². The number of halogens is 1. The van der Waals surface area contributed by atoms with E-state index < -0.39 is 0 Å². The number of hydrogen-bond donors (Lipinski definition) is 3. The molecule has 1 fully saturated rings. The third-order valence-electron chi connectivity index (χ3n) is 5.02. The van der Waals surface area contributed by atoms with Crippen molar-refractivity contribution in [2.75, 3.05) is 0 Å². The van der Waals surface area contributed by atoms with E-state index in [9.17, 15) is 19.4 Å². The van der Waals surface area contributed by atoms with Gasteiger partial charge >= 0.3 is 6.03 Å². The molecule has 1 aliphatic rings. The minimum Gasteiger partial charge on any atom is -0.508 e. The van der Waals surface area contributed by atoms with Gasteiger partial charge in [-0.1, -0.05) is 30.3 Å². The molecule has 0 unspecified atom stereocenters. The Kier molecular flexibility index (Phi) is 6.29. The number of carbonyl (C=O) groups excluding carboxylic acids is 1. The summed E-state index contributed by atoms with van der Waals surface area (Å²) in [5.74, 6) is -0.198. The lowest BCUT2D eigenvalue weighted by Crippen LogP contribution is -2.47. The van der Waals surface area contributed by atoms with Crippen LogP contribution in [0.5, 0.6) is 5.75 Å². The average Bonchev–Trinajstić information content (AvgIpc) is 2.66. The molecule has 0 aliphatic heterocycles. The van der Waals surface area contributed by atoms with Crippen LogP contribution in [0.2, 0.25) is 0 Å². The lowest BCUT2D eigenvalue weighted by Gasteiger charge is -2.36. The molecule has 1 saturated carbocycles. The van der Waals surface area contributed by atoms with Crippen LogP contribution in [0, 0.1) is 5.82 Å². The summed E-state index contributed by atoms with van der Waals surface area (Å²) < 4.78 is 13.8. The van der Waals surface area contributed by atoms with Crippen molar-refractivity contribution < 1.29 is 19.4 Å². The summed E-state index contributed by atoms with van der Waals surface area (Å²) in [6.07, 6.45) is 2.43. The fourth-order valence-corrected chi connectivity index (χ4v) is 3.50. The fraction of sp³-hybridized carbons (Fsp3) is 0.381. The van der Waals surface area contributed by atoms with Crippen LogP contribution in [0.3, 0.4) is 0 Å². The van der Waals surface area contributed by atoms with E-state index in [0.29, 0.717) is 37.8 Å². The smallest absolute Gasteiger partial charge is 0.318 e. The Morgan fingerprint density at radius 2 is 1.85 bits per heavy atom. The molecule has 0 heterocycles. The second kappa shape index (κ2) is 8.86. The Bertz CT molecular complexity index is 776. The predicted octanol–water partition coefficient (Wildman–Crippen LogP) is 3.55.